The third-order valence-electron chi connectivity index (χ3n) is 3.02. The first-order valence-electron chi connectivity index (χ1n) is 6.54. The van der Waals surface area contributed by atoms with Crippen molar-refractivity contribution in [2.75, 3.05) is 0 Å². The Morgan fingerprint density at radius 2 is 1.77 bits per heavy atom. The van der Waals surface area contributed by atoms with E-state index in [1.807, 2.05) is 0 Å². The number of alkyl halides is 3. The molecule has 0 spiro atoms. The van der Waals surface area contributed by atoms with Crippen molar-refractivity contribution in [1.29, 1.82) is 0 Å². The minimum Gasteiger partial charge on any atom is -0.457 e. The molecule has 0 radical (unpaired) electrons. The van der Waals surface area contributed by atoms with Crippen molar-refractivity contribution in [3.63, 3.8) is 0 Å². The number of carbonyl (C=O) groups is 1. The number of rotatable bonds is 3. The first kappa shape index (κ1) is 16.4. The number of cyclic esters (lactones) is 1. The van der Waals surface area contributed by atoms with E-state index in [0.29, 0.717) is 5.56 Å². The van der Waals surface area contributed by atoms with E-state index < -0.39 is 29.6 Å². The number of esters is 1. The van der Waals surface area contributed by atoms with Gasteiger partial charge in [-0.25, -0.2) is 4.79 Å². The van der Waals surface area contributed by atoms with Crippen molar-refractivity contribution >= 4 is 5.97 Å². The van der Waals surface area contributed by atoms with Gasteiger partial charge in [-0.15, -0.1) is 0 Å². The standard InChI is InChI=1S/C15H15F3O4/c1-14(2)21-11(8-13(20)22-14)7-12(19)9-3-5-10(6-4-9)15(16,17)18/h3-6,8,12,19H,7H2,1-2H3. The third kappa shape index (κ3) is 4.00. The molecule has 1 unspecified atom stereocenters. The van der Waals surface area contributed by atoms with Gasteiger partial charge >= 0.3 is 12.1 Å². The van der Waals surface area contributed by atoms with Gasteiger partial charge in [0.25, 0.3) is 0 Å². The van der Waals surface area contributed by atoms with Crippen molar-refractivity contribution in [3.8, 4) is 0 Å². The predicted octanol–water partition coefficient (Wildman–Crippen LogP) is 3.32. The summed E-state index contributed by atoms with van der Waals surface area (Å²) in [6.45, 7) is 3.09. The molecule has 0 aromatic heterocycles. The lowest BCUT2D eigenvalue weighted by Gasteiger charge is -2.31. The minimum atomic E-state index is -4.42. The van der Waals surface area contributed by atoms with Gasteiger partial charge < -0.3 is 14.6 Å². The number of halogens is 3. The molecule has 0 saturated carbocycles. The Bertz CT molecular complexity index is 588. The van der Waals surface area contributed by atoms with Gasteiger partial charge in [-0.05, 0) is 17.7 Å². The van der Waals surface area contributed by atoms with Crippen LogP contribution in [0.1, 0.15) is 37.5 Å². The topological polar surface area (TPSA) is 55.8 Å². The van der Waals surface area contributed by atoms with Crippen LogP contribution in [0.3, 0.4) is 0 Å². The lowest BCUT2D eigenvalue weighted by atomic mass is 10.0. The van der Waals surface area contributed by atoms with E-state index in [1.54, 1.807) is 13.8 Å². The summed E-state index contributed by atoms with van der Waals surface area (Å²) in [6, 6.07) is 4.18. The fourth-order valence-electron chi connectivity index (χ4n) is 2.07. The summed E-state index contributed by atoms with van der Waals surface area (Å²) in [4.78, 5) is 11.4. The molecule has 0 saturated heterocycles. The van der Waals surface area contributed by atoms with Gasteiger partial charge in [-0.3, -0.25) is 0 Å². The third-order valence-corrected chi connectivity index (χ3v) is 3.02. The van der Waals surface area contributed by atoms with Crippen LogP contribution in [0, 0.1) is 0 Å². The molecular formula is C15H15F3O4. The fraction of sp³-hybridized carbons (Fsp3) is 0.400. The smallest absolute Gasteiger partial charge is 0.416 e. The van der Waals surface area contributed by atoms with Crippen LogP contribution in [0.4, 0.5) is 13.2 Å². The highest BCUT2D eigenvalue weighted by Crippen LogP contribution is 2.32. The number of aliphatic hydroxyl groups excluding tert-OH is 1. The summed E-state index contributed by atoms with van der Waals surface area (Å²) in [5.41, 5.74) is -0.490. The van der Waals surface area contributed by atoms with Crippen molar-refractivity contribution in [3.05, 3.63) is 47.2 Å². The van der Waals surface area contributed by atoms with Gasteiger partial charge in [0.05, 0.1) is 17.7 Å². The number of hydrogen-bond acceptors (Lipinski definition) is 4. The molecule has 0 aliphatic carbocycles. The van der Waals surface area contributed by atoms with Crippen LogP contribution in [-0.4, -0.2) is 16.9 Å². The summed E-state index contributed by atoms with van der Waals surface area (Å²) >= 11 is 0. The lowest BCUT2D eigenvalue weighted by molar-refractivity contribution is -0.206. The van der Waals surface area contributed by atoms with Crippen LogP contribution >= 0.6 is 0 Å². The van der Waals surface area contributed by atoms with Gasteiger partial charge in [0, 0.05) is 20.3 Å². The molecule has 0 bridgehead atoms. The van der Waals surface area contributed by atoms with Gasteiger partial charge in [0.15, 0.2) is 0 Å². The van der Waals surface area contributed by atoms with E-state index in [2.05, 4.69) is 0 Å². The summed E-state index contributed by atoms with van der Waals surface area (Å²) in [5.74, 6) is -1.51. The average Bonchev–Trinajstić information content (AvgIpc) is 2.35. The van der Waals surface area contributed by atoms with Crippen LogP contribution in [0.2, 0.25) is 0 Å². The number of benzene rings is 1. The maximum atomic E-state index is 12.5. The molecule has 1 aliphatic rings. The van der Waals surface area contributed by atoms with Crippen LogP contribution in [-0.2, 0) is 20.4 Å². The average molecular weight is 316 g/mol. The summed E-state index contributed by atoms with van der Waals surface area (Å²) in [6.07, 6.45) is -4.44. The van der Waals surface area contributed by atoms with Gasteiger partial charge in [-0.1, -0.05) is 12.1 Å². The van der Waals surface area contributed by atoms with Crippen LogP contribution in [0.5, 0.6) is 0 Å². The monoisotopic (exact) mass is 316 g/mol. The number of aliphatic hydroxyl groups is 1. The van der Waals surface area contributed by atoms with Crippen LogP contribution in [0.25, 0.3) is 0 Å². The molecule has 1 N–H and O–H groups in total. The Labute approximate surface area is 125 Å². The Hall–Kier alpha value is -2.02. The highest BCUT2D eigenvalue weighted by molar-refractivity contribution is 5.83. The molecule has 2 rings (SSSR count). The fourth-order valence-corrected chi connectivity index (χ4v) is 2.07. The maximum absolute atomic E-state index is 12.5. The largest absolute Gasteiger partial charge is 0.457 e. The first-order chi connectivity index (χ1) is 10.1. The quantitative estimate of drug-likeness (QED) is 0.869. The molecule has 1 atom stereocenters. The van der Waals surface area contributed by atoms with Gasteiger partial charge in [0.1, 0.15) is 5.76 Å². The molecule has 0 amide bonds. The molecule has 4 nitrogen and oxygen atoms in total. The molecular weight excluding hydrogens is 301 g/mol. The van der Waals surface area contributed by atoms with E-state index >= 15 is 0 Å². The van der Waals surface area contributed by atoms with Crippen molar-refractivity contribution in [1.82, 2.24) is 0 Å². The van der Waals surface area contributed by atoms with Gasteiger partial charge in [0.2, 0.25) is 5.79 Å². The molecule has 22 heavy (non-hydrogen) atoms. The Morgan fingerprint density at radius 1 is 1.18 bits per heavy atom. The second-order valence-corrected chi connectivity index (χ2v) is 5.37. The van der Waals surface area contributed by atoms with E-state index in [4.69, 9.17) is 9.47 Å². The highest BCUT2D eigenvalue weighted by Gasteiger charge is 2.32. The predicted molar refractivity (Wildman–Crippen MR) is 70.4 cm³/mol. The van der Waals surface area contributed by atoms with E-state index in [9.17, 15) is 23.1 Å². The Balaban J connectivity index is 2.09. The second kappa shape index (κ2) is 5.64. The molecule has 1 aliphatic heterocycles. The summed E-state index contributed by atoms with van der Waals surface area (Å²) < 4.78 is 47.7. The van der Waals surface area contributed by atoms with Crippen molar-refractivity contribution in [2.45, 2.75) is 38.3 Å². The van der Waals surface area contributed by atoms with Crippen LogP contribution in [0.15, 0.2) is 36.1 Å². The van der Waals surface area contributed by atoms with E-state index in [1.165, 1.54) is 12.1 Å². The Morgan fingerprint density at radius 3 is 2.27 bits per heavy atom. The van der Waals surface area contributed by atoms with Crippen molar-refractivity contribution in [2.24, 2.45) is 0 Å². The summed E-state index contributed by atoms with van der Waals surface area (Å²) in [7, 11) is 0. The molecule has 1 aromatic carbocycles. The minimum absolute atomic E-state index is 0.0378. The molecule has 0 fully saturated rings. The number of ether oxygens (including phenoxy) is 2. The maximum Gasteiger partial charge on any atom is 0.416 e. The molecule has 1 heterocycles. The SMILES string of the molecule is CC1(C)OC(=O)C=C(CC(O)c2ccc(C(F)(F)F)cc2)O1. The Kier molecular flexibility index (Phi) is 4.19. The lowest BCUT2D eigenvalue weighted by Crippen LogP contribution is -2.34. The highest BCUT2D eigenvalue weighted by atomic mass is 19.4. The normalized spacial score (nSPS) is 19.0. The first-order valence-corrected chi connectivity index (χ1v) is 6.54. The van der Waals surface area contributed by atoms with Gasteiger partial charge in [-0.2, -0.15) is 13.2 Å². The zero-order valence-corrected chi connectivity index (χ0v) is 12.0. The zero-order chi connectivity index (χ0) is 16.5. The number of hydrogen-bond donors (Lipinski definition) is 1. The van der Waals surface area contributed by atoms with E-state index in [0.717, 1.165) is 18.2 Å². The molecule has 7 heteroatoms. The molecule has 1 aromatic rings. The molecule has 120 valence electrons. The van der Waals surface area contributed by atoms with Crippen molar-refractivity contribution < 1.29 is 32.5 Å². The van der Waals surface area contributed by atoms with E-state index in [-0.39, 0.29) is 12.2 Å². The summed E-state index contributed by atoms with van der Waals surface area (Å²) in [5, 5.41) is 10.1. The second-order valence-electron chi connectivity index (χ2n) is 5.37. The van der Waals surface area contributed by atoms with Crippen LogP contribution < -0.4 is 0 Å². The zero-order valence-electron chi connectivity index (χ0n) is 12.0. The number of carbonyl (C=O) groups excluding carboxylic acids is 1.